The molecule has 2 atom stereocenters. The molecule has 0 heterocycles. The van der Waals surface area contributed by atoms with E-state index in [1.165, 1.54) is 6.08 Å². The Hall–Kier alpha value is -1.46. The second-order valence-corrected chi connectivity index (χ2v) is 5.07. The first-order chi connectivity index (χ1) is 10.9. The third kappa shape index (κ3) is 18.5. The highest BCUT2D eigenvalue weighted by Crippen LogP contribution is 1.97. The standard InChI is InChI=1S/C9H16O3.C9H16O2/c1-4-6-9(10)12-7-11-8(3)5-2;1-4-6-9(10)7-11-8(3)5-2/h4,8H,1,5-7H2,2-3H3;4,8H,1,5-7H2,2-3H3. The molecule has 5 nitrogen and oxygen atoms in total. The first-order valence-corrected chi connectivity index (χ1v) is 8.03. The number of carbonyl (C=O) groups excluding carboxylic acids is 2. The highest BCUT2D eigenvalue weighted by molar-refractivity contribution is 5.80. The molecule has 0 aromatic heterocycles. The number of carbonyl (C=O) groups is 2. The molecule has 5 heteroatoms. The molecule has 0 aliphatic rings. The smallest absolute Gasteiger partial charge is 0.311 e. The normalized spacial score (nSPS) is 12.3. The van der Waals surface area contributed by atoms with Gasteiger partial charge in [0.15, 0.2) is 12.6 Å². The molecule has 0 fully saturated rings. The van der Waals surface area contributed by atoms with Crippen LogP contribution in [0.5, 0.6) is 0 Å². The molecule has 0 amide bonds. The van der Waals surface area contributed by atoms with E-state index in [4.69, 9.17) is 14.2 Å². The summed E-state index contributed by atoms with van der Waals surface area (Å²) in [5.74, 6) is -0.200. The highest BCUT2D eigenvalue weighted by atomic mass is 16.7. The molecule has 0 aliphatic heterocycles. The summed E-state index contributed by atoms with van der Waals surface area (Å²) in [5.41, 5.74) is 0. The Bertz CT molecular complexity index is 338. The molecular weight excluding hydrogens is 296 g/mol. The summed E-state index contributed by atoms with van der Waals surface area (Å²) in [6.07, 6.45) is 5.94. The van der Waals surface area contributed by atoms with Crippen molar-refractivity contribution in [2.45, 2.75) is 65.6 Å². The van der Waals surface area contributed by atoms with Gasteiger partial charge in [-0.05, 0) is 26.7 Å². The summed E-state index contributed by atoms with van der Waals surface area (Å²) in [6.45, 7) is 15.1. The molecule has 0 aromatic rings. The zero-order valence-corrected chi connectivity index (χ0v) is 15.0. The molecule has 0 bridgehead atoms. The van der Waals surface area contributed by atoms with Crippen LogP contribution in [0, 0.1) is 0 Å². The van der Waals surface area contributed by atoms with Crippen LogP contribution in [0.2, 0.25) is 0 Å². The minimum absolute atomic E-state index is 0.0433. The molecule has 134 valence electrons. The van der Waals surface area contributed by atoms with Gasteiger partial charge >= 0.3 is 5.97 Å². The van der Waals surface area contributed by atoms with Crippen LogP contribution in [0.4, 0.5) is 0 Å². The number of esters is 1. The van der Waals surface area contributed by atoms with E-state index in [9.17, 15) is 9.59 Å². The lowest BCUT2D eigenvalue weighted by atomic mass is 10.3. The van der Waals surface area contributed by atoms with E-state index in [1.54, 1.807) is 6.08 Å². The highest BCUT2D eigenvalue weighted by Gasteiger charge is 2.02. The second kappa shape index (κ2) is 16.9. The van der Waals surface area contributed by atoms with E-state index in [1.807, 2.05) is 27.7 Å². The van der Waals surface area contributed by atoms with Crippen molar-refractivity contribution in [2.75, 3.05) is 13.4 Å². The van der Waals surface area contributed by atoms with Crippen molar-refractivity contribution in [3.63, 3.8) is 0 Å². The maximum atomic E-state index is 10.9. The van der Waals surface area contributed by atoms with Crippen LogP contribution in [0.3, 0.4) is 0 Å². The quantitative estimate of drug-likeness (QED) is 0.309. The second-order valence-electron chi connectivity index (χ2n) is 5.07. The molecule has 0 spiro atoms. The SMILES string of the molecule is C=CCC(=O)COC(C)CC.C=CCC(=O)OCOC(C)CC. The van der Waals surface area contributed by atoms with Gasteiger partial charge < -0.3 is 14.2 Å². The Kier molecular flexibility index (Phi) is 17.5. The number of hydrogen-bond acceptors (Lipinski definition) is 5. The average molecular weight is 328 g/mol. The molecule has 0 N–H and O–H groups in total. The van der Waals surface area contributed by atoms with E-state index < -0.39 is 0 Å². The first-order valence-electron chi connectivity index (χ1n) is 8.03. The fourth-order valence-corrected chi connectivity index (χ4v) is 1.08. The number of hydrogen-bond donors (Lipinski definition) is 0. The lowest BCUT2D eigenvalue weighted by molar-refractivity contribution is -0.159. The lowest BCUT2D eigenvalue weighted by Crippen LogP contribution is -2.14. The minimum atomic E-state index is -0.298. The summed E-state index contributed by atoms with van der Waals surface area (Å²) in [5, 5.41) is 0. The van der Waals surface area contributed by atoms with E-state index in [0.717, 1.165) is 12.8 Å². The molecule has 23 heavy (non-hydrogen) atoms. The predicted octanol–water partition coefficient (Wildman–Crippen LogP) is 3.83. The van der Waals surface area contributed by atoms with Crippen LogP contribution in [-0.2, 0) is 23.8 Å². The van der Waals surface area contributed by atoms with Crippen LogP contribution in [0.15, 0.2) is 25.3 Å². The minimum Gasteiger partial charge on any atom is -0.438 e. The van der Waals surface area contributed by atoms with Gasteiger partial charge in [-0.15, -0.1) is 13.2 Å². The van der Waals surface area contributed by atoms with E-state index in [-0.39, 0.29) is 43.8 Å². The fourth-order valence-electron chi connectivity index (χ4n) is 1.08. The summed E-state index contributed by atoms with van der Waals surface area (Å²) < 4.78 is 15.1. The van der Waals surface area contributed by atoms with Gasteiger partial charge in [-0.1, -0.05) is 26.0 Å². The Balaban J connectivity index is 0. The van der Waals surface area contributed by atoms with Gasteiger partial charge in [0.2, 0.25) is 0 Å². The number of Topliss-reactive ketones (excluding diaryl/α,β-unsaturated/α-hetero) is 1. The summed E-state index contributed by atoms with van der Waals surface area (Å²) in [4.78, 5) is 21.6. The van der Waals surface area contributed by atoms with Crippen LogP contribution in [0.25, 0.3) is 0 Å². The summed E-state index contributed by atoms with van der Waals surface area (Å²) in [7, 11) is 0. The number of rotatable bonds is 12. The van der Waals surface area contributed by atoms with Gasteiger partial charge in [0.1, 0.15) is 6.61 Å². The number of ether oxygens (including phenoxy) is 3. The van der Waals surface area contributed by atoms with Crippen molar-refractivity contribution in [3.8, 4) is 0 Å². The zero-order chi connectivity index (χ0) is 18.1. The maximum Gasteiger partial charge on any atom is 0.311 e. The Morgan fingerprint density at radius 1 is 0.957 bits per heavy atom. The Morgan fingerprint density at radius 3 is 1.96 bits per heavy atom. The molecule has 0 saturated carbocycles. The molecule has 0 aromatic carbocycles. The third-order valence-corrected chi connectivity index (χ3v) is 2.93. The molecule has 0 rings (SSSR count). The molecular formula is C18H32O5. The van der Waals surface area contributed by atoms with Crippen molar-refractivity contribution in [1.82, 2.24) is 0 Å². The average Bonchev–Trinajstić information content (AvgIpc) is 2.53. The van der Waals surface area contributed by atoms with Crippen molar-refractivity contribution in [3.05, 3.63) is 25.3 Å². The number of allylic oxidation sites excluding steroid dienone is 1. The van der Waals surface area contributed by atoms with E-state index in [2.05, 4.69) is 13.2 Å². The predicted molar refractivity (Wildman–Crippen MR) is 92.1 cm³/mol. The van der Waals surface area contributed by atoms with Crippen LogP contribution in [0.1, 0.15) is 53.4 Å². The van der Waals surface area contributed by atoms with Crippen LogP contribution >= 0.6 is 0 Å². The summed E-state index contributed by atoms with van der Waals surface area (Å²) in [6, 6.07) is 0. The van der Waals surface area contributed by atoms with Crippen molar-refractivity contribution in [2.24, 2.45) is 0 Å². The molecule has 0 saturated heterocycles. The van der Waals surface area contributed by atoms with Crippen molar-refractivity contribution in [1.29, 1.82) is 0 Å². The fraction of sp³-hybridized carbons (Fsp3) is 0.667. The van der Waals surface area contributed by atoms with Gasteiger partial charge in [-0.25, -0.2) is 0 Å². The lowest BCUT2D eigenvalue weighted by Gasteiger charge is -2.09. The van der Waals surface area contributed by atoms with Crippen LogP contribution < -0.4 is 0 Å². The van der Waals surface area contributed by atoms with Gasteiger partial charge in [-0.2, -0.15) is 0 Å². The van der Waals surface area contributed by atoms with Gasteiger partial charge in [0.05, 0.1) is 18.6 Å². The Morgan fingerprint density at radius 2 is 1.48 bits per heavy atom. The van der Waals surface area contributed by atoms with Gasteiger partial charge in [-0.3, -0.25) is 9.59 Å². The molecule has 0 aliphatic carbocycles. The van der Waals surface area contributed by atoms with E-state index in [0.29, 0.717) is 6.42 Å². The Labute approximate surface area is 140 Å². The molecule has 2 unspecified atom stereocenters. The van der Waals surface area contributed by atoms with Gasteiger partial charge in [0, 0.05) is 6.42 Å². The van der Waals surface area contributed by atoms with E-state index >= 15 is 0 Å². The summed E-state index contributed by atoms with van der Waals surface area (Å²) >= 11 is 0. The third-order valence-electron chi connectivity index (χ3n) is 2.93. The van der Waals surface area contributed by atoms with Crippen molar-refractivity contribution < 1.29 is 23.8 Å². The van der Waals surface area contributed by atoms with Crippen molar-refractivity contribution >= 4 is 11.8 Å². The zero-order valence-electron chi connectivity index (χ0n) is 15.0. The monoisotopic (exact) mass is 328 g/mol. The maximum absolute atomic E-state index is 10.9. The number of ketones is 1. The first kappa shape index (κ1) is 23.8. The van der Waals surface area contributed by atoms with Crippen LogP contribution in [-0.4, -0.2) is 37.4 Å². The van der Waals surface area contributed by atoms with Gasteiger partial charge in [0.25, 0.3) is 0 Å². The topological polar surface area (TPSA) is 61.8 Å². The largest absolute Gasteiger partial charge is 0.438 e. The molecule has 0 radical (unpaired) electrons.